The van der Waals surface area contributed by atoms with E-state index in [9.17, 15) is 0 Å². The number of aryl methyl sites for hydroxylation is 1. The third-order valence-electron chi connectivity index (χ3n) is 7.99. The molecule has 2 rings (SSSR count). The van der Waals surface area contributed by atoms with Gasteiger partial charge in [0, 0.05) is 14.2 Å². The lowest BCUT2D eigenvalue weighted by Crippen LogP contribution is -2.42. The summed E-state index contributed by atoms with van der Waals surface area (Å²) in [7, 11) is -0.178. The Morgan fingerprint density at radius 2 is 1.32 bits per heavy atom. The van der Waals surface area contributed by atoms with Crippen molar-refractivity contribution < 1.29 is 18.2 Å². The van der Waals surface area contributed by atoms with Gasteiger partial charge < -0.3 is 18.2 Å². The van der Waals surface area contributed by atoms with Gasteiger partial charge in [-0.1, -0.05) is 30.3 Å². The van der Waals surface area contributed by atoms with Crippen molar-refractivity contribution in [2.24, 2.45) is 0 Å². The molecule has 1 aliphatic heterocycles. The fourth-order valence-electron chi connectivity index (χ4n) is 4.37. The third-order valence-corrected chi connectivity index (χ3v) is 15.0. The van der Waals surface area contributed by atoms with Crippen LogP contribution in [0, 0.1) is 0 Å². The Balaban J connectivity index is 2.20. The molecule has 31 heavy (non-hydrogen) atoms. The molecule has 7 heteroatoms. The predicted molar refractivity (Wildman–Crippen MR) is 137 cm³/mol. The van der Waals surface area contributed by atoms with Gasteiger partial charge in [-0.15, -0.1) is 0 Å². The van der Waals surface area contributed by atoms with Crippen molar-refractivity contribution in [1.29, 1.82) is 0 Å². The van der Waals surface area contributed by atoms with E-state index in [4.69, 9.17) is 18.2 Å². The maximum Gasteiger partial charge on any atom is 0.457 e. The van der Waals surface area contributed by atoms with E-state index in [2.05, 4.69) is 84.2 Å². The molecule has 0 radical (unpaired) electrons. The van der Waals surface area contributed by atoms with E-state index in [0.717, 1.165) is 25.6 Å². The van der Waals surface area contributed by atoms with Crippen molar-refractivity contribution in [2.75, 3.05) is 14.2 Å². The molecular formula is C24H45BO4Si2. The maximum absolute atomic E-state index is 6.38. The smallest absolute Gasteiger partial charge is 0.420 e. The van der Waals surface area contributed by atoms with Gasteiger partial charge in [-0.3, -0.25) is 0 Å². The molecule has 0 aliphatic carbocycles. The highest BCUT2D eigenvalue weighted by Crippen LogP contribution is 2.46. The highest BCUT2D eigenvalue weighted by Gasteiger charge is 2.53. The van der Waals surface area contributed by atoms with Crippen LogP contribution in [-0.4, -0.2) is 49.2 Å². The molecule has 4 nitrogen and oxygen atoms in total. The Morgan fingerprint density at radius 1 is 0.839 bits per heavy atom. The molecule has 2 atom stereocenters. The topological polar surface area (TPSA) is 36.9 Å². The number of hydrogen-bond donors (Lipinski definition) is 0. The van der Waals surface area contributed by atoms with Crippen LogP contribution in [0.4, 0.5) is 0 Å². The Labute approximate surface area is 193 Å². The van der Waals surface area contributed by atoms with Crippen molar-refractivity contribution in [3.05, 3.63) is 35.9 Å². The maximum atomic E-state index is 6.38. The van der Waals surface area contributed by atoms with Gasteiger partial charge in [0.1, 0.15) is 0 Å². The molecule has 176 valence electrons. The number of benzene rings is 1. The zero-order chi connectivity index (χ0) is 23.5. The van der Waals surface area contributed by atoms with Crippen LogP contribution < -0.4 is 0 Å². The van der Waals surface area contributed by atoms with E-state index in [1.807, 2.05) is 14.2 Å². The summed E-state index contributed by atoms with van der Waals surface area (Å²) in [6.07, 6.45) is 4.22. The minimum absolute atomic E-state index is 0.181. The summed E-state index contributed by atoms with van der Waals surface area (Å²) in [5, 5.41) is 0. The molecule has 0 spiro atoms. The van der Waals surface area contributed by atoms with Gasteiger partial charge in [-0.05, 0) is 96.1 Å². The predicted octanol–water partition coefficient (Wildman–Crippen LogP) is 6.54. The minimum atomic E-state index is -1.92. The van der Waals surface area contributed by atoms with Crippen LogP contribution in [0.5, 0.6) is 0 Å². The van der Waals surface area contributed by atoms with Gasteiger partial charge in [0.15, 0.2) is 16.6 Å². The van der Waals surface area contributed by atoms with Crippen LogP contribution >= 0.6 is 0 Å². The van der Waals surface area contributed by atoms with Gasteiger partial charge in [-0.25, -0.2) is 0 Å². The normalized spacial score (nSPS) is 20.6. The monoisotopic (exact) mass is 464 g/mol. The fourth-order valence-corrected chi connectivity index (χ4v) is 8.58. The molecule has 1 aromatic carbocycles. The molecule has 0 N–H and O–H groups in total. The first-order valence-electron chi connectivity index (χ1n) is 11.7. The van der Waals surface area contributed by atoms with Crippen LogP contribution in [-0.2, 0) is 24.6 Å². The quantitative estimate of drug-likeness (QED) is 0.348. The molecule has 1 saturated heterocycles. The van der Waals surface area contributed by atoms with Crippen molar-refractivity contribution in [2.45, 2.75) is 102 Å². The third kappa shape index (κ3) is 6.78. The Morgan fingerprint density at radius 3 is 1.81 bits per heavy atom. The number of rotatable bonds is 11. The SMILES string of the molecule is CO[Si](C)(C)[C@H](CB1OC(C)(C)C(C)(C)O1)C[C@H](CCc1ccccc1)[Si](C)(C)OC. The Bertz CT molecular complexity index is 678. The molecular weight excluding hydrogens is 419 g/mol. The molecule has 0 unspecified atom stereocenters. The van der Waals surface area contributed by atoms with Crippen molar-refractivity contribution in [3.8, 4) is 0 Å². The lowest BCUT2D eigenvalue weighted by atomic mass is 9.81. The van der Waals surface area contributed by atoms with Gasteiger partial charge in [0.25, 0.3) is 0 Å². The molecule has 1 fully saturated rings. The van der Waals surface area contributed by atoms with E-state index < -0.39 is 16.6 Å². The lowest BCUT2D eigenvalue weighted by molar-refractivity contribution is 0.00578. The molecule has 0 bridgehead atoms. The van der Waals surface area contributed by atoms with Crippen LogP contribution in [0.1, 0.15) is 46.1 Å². The summed E-state index contributed by atoms with van der Waals surface area (Å²) in [6.45, 7) is 17.9. The molecule has 1 aromatic rings. The second-order valence-electron chi connectivity index (χ2n) is 11.2. The van der Waals surface area contributed by atoms with Gasteiger partial charge >= 0.3 is 7.12 Å². The Kier molecular flexibility index (Phi) is 8.84. The van der Waals surface area contributed by atoms with Crippen molar-refractivity contribution in [1.82, 2.24) is 0 Å². The first kappa shape index (κ1) is 26.8. The fraction of sp³-hybridized carbons (Fsp3) is 0.750. The molecule has 1 heterocycles. The van der Waals surface area contributed by atoms with Gasteiger partial charge in [-0.2, -0.15) is 0 Å². The standard InChI is InChI=1S/C24H45BO4Si2/c1-23(2)24(3,4)29-25(28-23)19-22(31(9,10)27-6)18-21(30(7,8)26-5)17-16-20-14-12-11-13-15-20/h11-15,21-22H,16-19H2,1-10H3/t21-,22-/m0/s1. The van der Waals surface area contributed by atoms with Crippen molar-refractivity contribution in [3.63, 3.8) is 0 Å². The highest BCUT2D eigenvalue weighted by atomic mass is 28.4. The average molecular weight is 465 g/mol. The van der Waals surface area contributed by atoms with Gasteiger partial charge in [0.05, 0.1) is 11.2 Å². The van der Waals surface area contributed by atoms with E-state index in [0.29, 0.717) is 11.1 Å². The average Bonchev–Trinajstić information content (AvgIpc) is 2.90. The van der Waals surface area contributed by atoms with E-state index in [1.54, 1.807) is 0 Å². The van der Waals surface area contributed by atoms with Crippen LogP contribution in [0.25, 0.3) is 0 Å². The van der Waals surface area contributed by atoms with Crippen LogP contribution in [0.3, 0.4) is 0 Å². The highest BCUT2D eigenvalue weighted by molar-refractivity contribution is 6.75. The zero-order valence-corrected chi connectivity index (χ0v) is 23.6. The van der Waals surface area contributed by atoms with E-state index in [1.165, 1.54) is 5.56 Å². The first-order valence-corrected chi connectivity index (χ1v) is 17.7. The largest absolute Gasteiger partial charge is 0.457 e. The van der Waals surface area contributed by atoms with E-state index in [-0.39, 0.29) is 18.3 Å². The summed E-state index contributed by atoms with van der Waals surface area (Å²) in [4.78, 5) is 0. The first-order chi connectivity index (χ1) is 14.2. The second-order valence-corrected chi connectivity index (χ2v) is 20.1. The summed E-state index contributed by atoms with van der Waals surface area (Å²) in [6, 6.07) is 10.8. The summed E-state index contributed by atoms with van der Waals surface area (Å²) < 4.78 is 25.0. The lowest BCUT2D eigenvalue weighted by Gasteiger charge is -2.38. The van der Waals surface area contributed by atoms with Crippen LogP contribution in [0.2, 0.25) is 43.6 Å². The summed E-state index contributed by atoms with van der Waals surface area (Å²) in [5.74, 6) is 0. The van der Waals surface area contributed by atoms with Crippen LogP contribution in [0.15, 0.2) is 30.3 Å². The molecule has 1 aliphatic rings. The van der Waals surface area contributed by atoms with Gasteiger partial charge in [0.2, 0.25) is 0 Å². The van der Waals surface area contributed by atoms with E-state index >= 15 is 0 Å². The second kappa shape index (κ2) is 10.2. The minimum Gasteiger partial charge on any atom is -0.420 e. The molecule has 0 amide bonds. The molecule has 0 saturated carbocycles. The summed E-state index contributed by atoms with van der Waals surface area (Å²) >= 11 is 0. The summed E-state index contributed by atoms with van der Waals surface area (Å²) in [5.41, 5.74) is 1.80. The Hall–Kier alpha value is -0.441. The molecule has 0 aromatic heterocycles. The zero-order valence-electron chi connectivity index (χ0n) is 21.6. The van der Waals surface area contributed by atoms with Crippen molar-refractivity contribution >= 4 is 23.8 Å². The number of hydrogen-bond acceptors (Lipinski definition) is 4.